The van der Waals surface area contributed by atoms with Crippen molar-refractivity contribution in [2.24, 2.45) is 0 Å². The zero-order chi connectivity index (χ0) is 47.2. The molecule has 6 nitrogen and oxygen atoms in total. The molecule has 0 saturated heterocycles. The Kier molecular flexibility index (Phi) is 50.9. The molecular weight excluding hydrogens is 805 g/mol. The summed E-state index contributed by atoms with van der Waals surface area (Å²) in [5.41, 5.74) is 0. The normalized spacial score (nSPS) is 12.6. The molecule has 0 aliphatic heterocycles. The van der Waals surface area contributed by atoms with Crippen molar-refractivity contribution in [2.45, 2.75) is 271 Å². The van der Waals surface area contributed by atoms with Gasteiger partial charge in [0.1, 0.15) is 13.2 Å². The maximum Gasteiger partial charge on any atom is 0.306 e. The van der Waals surface area contributed by atoms with Crippen LogP contribution in [0.5, 0.6) is 0 Å². The second-order valence-electron chi connectivity index (χ2n) is 18.1. The van der Waals surface area contributed by atoms with Crippen molar-refractivity contribution in [3.8, 4) is 0 Å². The second-order valence-corrected chi connectivity index (χ2v) is 18.1. The van der Waals surface area contributed by atoms with Gasteiger partial charge in [0.05, 0.1) is 0 Å². The van der Waals surface area contributed by atoms with Crippen molar-refractivity contribution in [3.05, 3.63) is 72.9 Å². The number of hydrogen-bond donors (Lipinski definition) is 0. The number of hydrogen-bond acceptors (Lipinski definition) is 6. The number of carbonyl (C=O) groups is 3. The third kappa shape index (κ3) is 51.7. The summed E-state index contributed by atoms with van der Waals surface area (Å²) in [6.45, 7) is 6.48. The Bertz CT molecular complexity index is 1230. The number of esters is 3. The van der Waals surface area contributed by atoms with E-state index in [0.29, 0.717) is 19.3 Å². The summed E-state index contributed by atoms with van der Waals surface area (Å²) in [5, 5.41) is 0. The van der Waals surface area contributed by atoms with Crippen LogP contribution in [0.4, 0.5) is 0 Å². The Labute approximate surface area is 402 Å². The van der Waals surface area contributed by atoms with Gasteiger partial charge in [0.15, 0.2) is 6.10 Å². The third-order valence-electron chi connectivity index (χ3n) is 11.7. The van der Waals surface area contributed by atoms with Crippen LogP contribution in [-0.4, -0.2) is 37.2 Å². The summed E-state index contributed by atoms with van der Waals surface area (Å²) in [5.74, 6) is -0.946. The van der Waals surface area contributed by atoms with E-state index in [1.807, 2.05) is 0 Å². The van der Waals surface area contributed by atoms with Gasteiger partial charge in [0.25, 0.3) is 0 Å². The van der Waals surface area contributed by atoms with Gasteiger partial charge in [-0.1, -0.05) is 209 Å². The van der Waals surface area contributed by atoms with Crippen molar-refractivity contribution in [2.75, 3.05) is 13.2 Å². The Hall–Kier alpha value is -3.15. The van der Waals surface area contributed by atoms with Gasteiger partial charge in [0.2, 0.25) is 0 Å². The van der Waals surface area contributed by atoms with Gasteiger partial charge < -0.3 is 14.2 Å². The molecule has 374 valence electrons. The third-order valence-corrected chi connectivity index (χ3v) is 11.7. The van der Waals surface area contributed by atoms with E-state index in [0.717, 1.165) is 83.5 Å². The molecule has 0 saturated carbocycles. The molecule has 0 rings (SSSR count). The number of carbonyl (C=O) groups excluding carboxylic acids is 3. The molecule has 0 radical (unpaired) electrons. The lowest BCUT2D eigenvalue weighted by molar-refractivity contribution is -0.167. The van der Waals surface area contributed by atoms with E-state index in [4.69, 9.17) is 14.2 Å². The molecule has 0 aliphatic rings. The highest BCUT2D eigenvalue weighted by atomic mass is 16.6. The zero-order valence-electron chi connectivity index (χ0n) is 42.7. The molecule has 0 unspecified atom stereocenters. The van der Waals surface area contributed by atoms with Gasteiger partial charge >= 0.3 is 17.9 Å². The lowest BCUT2D eigenvalue weighted by Crippen LogP contribution is -2.30. The van der Waals surface area contributed by atoms with Crippen LogP contribution in [0.15, 0.2) is 72.9 Å². The van der Waals surface area contributed by atoms with E-state index < -0.39 is 6.10 Å². The molecule has 0 spiro atoms. The van der Waals surface area contributed by atoms with Gasteiger partial charge in [-0.3, -0.25) is 14.4 Å². The van der Waals surface area contributed by atoms with E-state index in [9.17, 15) is 14.4 Å². The summed E-state index contributed by atoms with van der Waals surface area (Å²) < 4.78 is 16.8. The van der Waals surface area contributed by atoms with Crippen molar-refractivity contribution >= 4 is 17.9 Å². The molecule has 0 amide bonds. The summed E-state index contributed by atoms with van der Waals surface area (Å²) in [6.07, 6.45) is 67.5. The van der Waals surface area contributed by atoms with Gasteiger partial charge in [0, 0.05) is 19.3 Å². The fraction of sp³-hybridized carbons (Fsp3) is 0.746. The average molecular weight is 907 g/mol. The predicted molar refractivity (Wildman–Crippen MR) is 279 cm³/mol. The molecule has 0 heterocycles. The van der Waals surface area contributed by atoms with Crippen molar-refractivity contribution < 1.29 is 28.6 Å². The number of allylic oxidation sites excluding steroid dienone is 12. The summed E-state index contributed by atoms with van der Waals surface area (Å²) in [7, 11) is 0. The van der Waals surface area contributed by atoms with Crippen molar-refractivity contribution in [1.29, 1.82) is 0 Å². The molecule has 0 aliphatic carbocycles. The number of rotatable bonds is 49. The molecular formula is C59H102O6. The summed E-state index contributed by atoms with van der Waals surface area (Å²) in [4.78, 5) is 38.1. The van der Waals surface area contributed by atoms with E-state index in [2.05, 4.69) is 93.7 Å². The molecule has 65 heavy (non-hydrogen) atoms. The lowest BCUT2D eigenvalue weighted by Gasteiger charge is -2.18. The van der Waals surface area contributed by atoms with Crippen molar-refractivity contribution in [3.63, 3.8) is 0 Å². The monoisotopic (exact) mass is 907 g/mol. The molecule has 0 bridgehead atoms. The summed E-state index contributed by atoms with van der Waals surface area (Å²) in [6, 6.07) is 0. The molecule has 6 heteroatoms. The fourth-order valence-corrected chi connectivity index (χ4v) is 7.54. The first-order chi connectivity index (χ1) is 32.0. The van der Waals surface area contributed by atoms with E-state index >= 15 is 0 Å². The van der Waals surface area contributed by atoms with Crippen molar-refractivity contribution in [1.82, 2.24) is 0 Å². The highest BCUT2D eigenvalue weighted by molar-refractivity contribution is 5.71. The standard InChI is InChI=1S/C59H102O6/c1-4-7-10-13-16-19-22-25-28-29-32-34-37-40-43-46-49-52-58(61)64-55-56(65-59(62)53-50-47-44-41-38-35-31-27-24-21-18-15-12-9-6-3)54-63-57(60)51-48-45-42-39-36-33-30-26-23-20-17-14-11-8-5-2/h9,12,18,21,25-28,30-31,38,41,56H,4-8,10-11,13-17,19-20,22-24,29,32-37,39-40,42-55H2,1-3H3/b12-9-,21-18-,28-25-,30-26-,31-27-,41-38-/t56-/m0/s1. The average Bonchev–Trinajstić information content (AvgIpc) is 3.30. The minimum atomic E-state index is -0.802. The van der Waals surface area contributed by atoms with Gasteiger partial charge in [-0.05, 0) is 109 Å². The molecule has 0 aromatic heterocycles. The van der Waals surface area contributed by atoms with Crippen LogP contribution in [0.25, 0.3) is 0 Å². The maximum atomic E-state index is 12.8. The Morgan fingerprint density at radius 1 is 0.323 bits per heavy atom. The first-order valence-electron chi connectivity index (χ1n) is 27.4. The molecule has 0 aromatic carbocycles. The molecule has 0 fully saturated rings. The Morgan fingerprint density at radius 2 is 0.600 bits per heavy atom. The predicted octanol–water partition coefficient (Wildman–Crippen LogP) is 18.2. The second kappa shape index (κ2) is 53.5. The largest absolute Gasteiger partial charge is 0.462 e. The first kappa shape index (κ1) is 61.9. The van der Waals surface area contributed by atoms with E-state index in [1.165, 1.54) is 135 Å². The molecule has 1 atom stereocenters. The van der Waals surface area contributed by atoms with Crippen LogP contribution in [0.3, 0.4) is 0 Å². The lowest BCUT2D eigenvalue weighted by atomic mass is 10.1. The SMILES string of the molecule is CC/C=C\C/C=C\C/C=C\C/C=C\CCCCC(=O)O[C@@H](COC(=O)CCCCCCC/C=C\CCCCCCCC)COC(=O)CCCCCCCCC/C=C\CCCCCCCC. The Balaban J connectivity index is 4.45. The maximum absolute atomic E-state index is 12.8. The van der Waals surface area contributed by atoms with Crippen LogP contribution < -0.4 is 0 Å². The minimum Gasteiger partial charge on any atom is -0.462 e. The van der Waals surface area contributed by atoms with Gasteiger partial charge in [-0.2, -0.15) is 0 Å². The van der Waals surface area contributed by atoms with Crippen LogP contribution >= 0.6 is 0 Å². The molecule has 0 N–H and O–H groups in total. The van der Waals surface area contributed by atoms with E-state index in [-0.39, 0.29) is 37.5 Å². The Morgan fingerprint density at radius 3 is 0.985 bits per heavy atom. The van der Waals surface area contributed by atoms with Crippen LogP contribution in [0.2, 0.25) is 0 Å². The van der Waals surface area contributed by atoms with Crippen LogP contribution in [-0.2, 0) is 28.6 Å². The smallest absolute Gasteiger partial charge is 0.306 e. The highest BCUT2D eigenvalue weighted by Gasteiger charge is 2.19. The van der Waals surface area contributed by atoms with Crippen LogP contribution in [0, 0.1) is 0 Å². The topological polar surface area (TPSA) is 78.9 Å². The number of unbranched alkanes of at least 4 members (excludes halogenated alkanes) is 26. The quantitative estimate of drug-likeness (QED) is 0.0262. The first-order valence-corrected chi connectivity index (χ1v) is 27.4. The van der Waals surface area contributed by atoms with Gasteiger partial charge in [-0.25, -0.2) is 0 Å². The highest BCUT2D eigenvalue weighted by Crippen LogP contribution is 2.14. The molecule has 0 aromatic rings. The zero-order valence-corrected chi connectivity index (χ0v) is 42.7. The van der Waals surface area contributed by atoms with E-state index in [1.54, 1.807) is 0 Å². The fourth-order valence-electron chi connectivity index (χ4n) is 7.54. The van der Waals surface area contributed by atoms with Crippen LogP contribution in [0.1, 0.15) is 265 Å². The van der Waals surface area contributed by atoms with Gasteiger partial charge in [-0.15, -0.1) is 0 Å². The number of ether oxygens (including phenoxy) is 3. The summed E-state index contributed by atoms with van der Waals surface area (Å²) >= 11 is 0. The minimum absolute atomic E-state index is 0.0966.